The molecule has 4 aromatic rings. The lowest BCUT2D eigenvalue weighted by atomic mass is 9.96. The van der Waals surface area contributed by atoms with Crippen molar-refractivity contribution in [2.75, 3.05) is 5.32 Å². The Morgan fingerprint density at radius 3 is 2.74 bits per heavy atom. The number of pyridine rings is 2. The van der Waals surface area contributed by atoms with Crippen LogP contribution < -0.4 is 10.3 Å². The van der Waals surface area contributed by atoms with Gasteiger partial charge in [0.05, 0.1) is 11.2 Å². The second kappa shape index (κ2) is 7.21. The molecule has 0 unspecified atom stereocenters. The van der Waals surface area contributed by atoms with Gasteiger partial charge in [0, 0.05) is 28.8 Å². The van der Waals surface area contributed by atoms with Gasteiger partial charge in [-0.15, -0.1) is 0 Å². The van der Waals surface area contributed by atoms with Gasteiger partial charge in [0.1, 0.15) is 23.1 Å². The molecular weight excluding hydrogens is 365 g/mol. The molecular formula is C21H16ClFN3O+. The Morgan fingerprint density at radius 2 is 1.96 bits per heavy atom. The van der Waals surface area contributed by atoms with Crippen molar-refractivity contribution in [3.63, 3.8) is 0 Å². The Hall–Kier alpha value is -3.18. The summed E-state index contributed by atoms with van der Waals surface area (Å²) >= 11 is 6.44. The summed E-state index contributed by atoms with van der Waals surface area (Å²) in [7, 11) is 0. The number of nitrogens with zero attached hydrogens (tertiary/aromatic N) is 1. The van der Waals surface area contributed by atoms with Crippen LogP contribution in [0.3, 0.4) is 0 Å². The number of hydrogen-bond donors (Lipinski definition) is 2. The van der Waals surface area contributed by atoms with Crippen LogP contribution in [0.5, 0.6) is 5.75 Å². The third-order valence-electron chi connectivity index (χ3n) is 4.35. The van der Waals surface area contributed by atoms with E-state index in [4.69, 9.17) is 11.6 Å². The van der Waals surface area contributed by atoms with E-state index in [9.17, 15) is 9.50 Å². The normalized spacial score (nSPS) is 12.1. The van der Waals surface area contributed by atoms with E-state index in [1.807, 2.05) is 18.2 Å². The molecule has 2 aromatic carbocycles. The molecule has 0 fully saturated rings. The van der Waals surface area contributed by atoms with Gasteiger partial charge < -0.3 is 5.11 Å². The molecule has 0 spiro atoms. The Bertz CT molecular complexity index is 1110. The van der Waals surface area contributed by atoms with E-state index < -0.39 is 6.04 Å². The average molecular weight is 381 g/mol. The molecule has 0 amide bonds. The van der Waals surface area contributed by atoms with Crippen LogP contribution in [0.15, 0.2) is 73.1 Å². The number of aromatic nitrogens is 2. The minimum Gasteiger partial charge on any atom is -0.505 e. The maximum absolute atomic E-state index is 13.9. The Kier molecular flexibility index (Phi) is 4.60. The lowest BCUT2D eigenvalue weighted by molar-refractivity contribution is -0.361. The zero-order valence-electron chi connectivity index (χ0n) is 14.2. The predicted molar refractivity (Wildman–Crippen MR) is 103 cm³/mol. The molecule has 2 aromatic heterocycles. The molecule has 0 radical (unpaired) electrons. The number of aromatic hydroxyl groups is 1. The lowest BCUT2D eigenvalue weighted by Crippen LogP contribution is -2.19. The third-order valence-corrected chi connectivity index (χ3v) is 4.66. The molecule has 134 valence electrons. The number of phenolic OH excluding ortho intramolecular Hbond substituents is 1. The minimum atomic E-state index is -0.539. The average Bonchev–Trinajstić information content (AvgIpc) is 2.70. The zero-order valence-corrected chi connectivity index (χ0v) is 14.9. The number of nitrogens with one attached hydrogen (secondary N) is 2. The molecule has 6 heteroatoms. The van der Waals surface area contributed by atoms with E-state index in [-0.39, 0.29) is 11.6 Å². The number of benzene rings is 2. The van der Waals surface area contributed by atoms with Crippen LogP contribution in [-0.4, -0.2) is 10.1 Å². The van der Waals surface area contributed by atoms with Gasteiger partial charge in [-0.1, -0.05) is 29.8 Å². The fourth-order valence-corrected chi connectivity index (χ4v) is 3.36. The number of H-pyrrole nitrogens is 1. The van der Waals surface area contributed by atoms with Crippen LogP contribution in [0.2, 0.25) is 5.02 Å². The van der Waals surface area contributed by atoms with Crippen molar-refractivity contribution in [1.29, 1.82) is 0 Å². The second-order valence-electron chi connectivity index (χ2n) is 6.10. The van der Waals surface area contributed by atoms with Crippen molar-refractivity contribution < 1.29 is 14.5 Å². The molecule has 2 heterocycles. The van der Waals surface area contributed by atoms with Crippen molar-refractivity contribution in [1.82, 2.24) is 4.98 Å². The van der Waals surface area contributed by atoms with Gasteiger partial charge in [0.15, 0.2) is 0 Å². The summed E-state index contributed by atoms with van der Waals surface area (Å²) in [6.45, 7) is 0. The highest BCUT2D eigenvalue weighted by atomic mass is 35.5. The summed E-state index contributed by atoms with van der Waals surface area (Å²) in [5.74, 6) is 0.358. The maximum Gasteiger partial charge on any atom is 0.272 e. The van der Waals surface area contributed by atoms with Gasteiger partial charge in [0.2, 0.25) is 0 Å². The van der Waals surface area contributed by atoms with Gasteiger partial charge in [0.25, 0.3) is 5.82 Å². The van der Waals surface area contributed by atoms with Crippen molar-refractivity contribution in [2.24, 2.45) is 0 Å². The van der Waals surface area contributed by atoms with E-state index in [2.05, 4.69) is 15.3 Å². The van der Waals surface area contributed by atoms with Crippen LogP contribution >= 0.6 is 11.6 Å². The van der Waals surface area contributed by atoms with Crippen molar-refractivity contribution >= 4 is 28.3 Å². The zero-order chi connectivity index (χ0) is 18.8. The molecule has 1 atom stereocenters. The number of halogens is 2. The monoisotopic (exact) mass is 380 g/mol. The van der Waals surface area contributed by atoms with Crippen LogP contribution in [-0.2, 0) is 0 Å². The minimum absolute atomic E-state index is 0.00712. The van der Waals surface area contributed by atoms with Crippen molar-refractivity contribution in [2.45, 2.75) is 6.04 Å². The van der Waals surface area contributed by atoms with Crippen molar-refractivity contribution in [3.05, 3.63) is 95.0 Å². The van der Waals surface area contributed by atoms with Crippen LogP contribution in [0.25, 0.3) is 10.9 Å². The fourth-order valence-electron chi connectivity index (χ4n) is 3.09. The molecule has 0 saturated heterocycles. The van der Waals surface area contributed by atoms with E-state index in [1.165, 1.54) is 12.1 Å². The first-order valence-electron chi connectivity index (χ1n) is 8.38. The second-order valence-corrected chi connectivity index (χ2v) is 6.51. The van der Waals surface area contributed by atoms with Gasteiger partial charge in [-0.25, -0.2) is 9.37 Å². The highest BCUT2D eigenvalue weighted by Crippen LogP contribution is 2.39. The smallest absolute Gasteiger partial charge is 0.272 e. The summed E-state index contributed by atoms with van der Waals surface area (Å²) in [6.07, 6.45) is 3.37. The van der Waals surface area contributed by atoms with Gasteiger partial charge in [-0.05, 0) is 36.4 Å². The predicted octanol–water partition coefficient (Wildman–Crippen LogP) is 4.75. The number of anilines is 1. The van der Waals surface area contributed by atoms with Crippen LogP contribution in [0, 0.1) is 5.82 Å². The summed E-state index contributed by atoms with van der Waals surface area (Å²) in [4.78, 5) is 7.35. The molecule has 4 rings (SSSR count). The van der Waals surface area contributed by atoms with Gasteiger partial charge >= 0.3 is 0 Å². The van der Waals surface area contributed by atoms with Crippen molar-refractivity contribution in [3.8, 4) is 5.75 Å². The van der Waals surface area contributed by atoms with E-state index in [0.29, 0.717) is 32.9 Å². The Labute approximate surface area is 160 Å². The summed E-state index contributed by atoms with van der Waals surface area (Å²) in [5.41, 5.74) is 1.56. The lowest BCUT2D eigenvalue weighted by Gasteiger charge is -2.18. The first-order chi connectivity index (χ1) is 13.1. The molecule has 0 aliphatic carbocycles. The first-order valence-corrected chi connectivity index (χ1v) is 8.76. The van der Waals surface area contributed by atoms with E-state index in [0.717, 1.165) is 0 Å². The largest absolute Gasteiger partial charge is 0.505 e. The van der Waals surface area contributed by atoms with Crippen LogP contribution in [0.1, 0.15) is 17.2 Å². The summed E-state index contributed by atoms with van der Waals surface area (Å²) in [5, 5.41) is 15.3. The van der Waals surface area contributed by atoms with E-state index in [1.54, 1.807) is 42.7 Å². The third kappa shape index (κ3) is 3.41. The molecule has 0 bridgehead atoms. The maximum atomic E-state index is 13.9. The quantitative estimate of drug-likeness (QED) is 0.537. The Balaban J connectivity index is 1.91. The standard InChI is InChI=1S/C21H15ClFN3O/c22-17-12-16(21(27)20-15(17)7-4-10-25-20)19(13-5-3-6-14(23)11-13)26-18-8-1-2-9-24-18/h1-12,19,27H,(H,24,26)/p+1/t19-/m1/s1. The number of fused-ring (bicyclic) bond motifs is 1. The number of hydrogen-bond acceptors (Lipinski definition) is 3. The van der Waals surface area contributed by atoms with Gasteiger partial charge in [-0.3, -0.25) is 10.3 Å². The number of rotatable bonds is 4. The molecule has 3 N–H and O–H groups in total. The molecule has 4 nitrogen and oxygen atoms in total. The topological polar surface area (TPSA) is 59.3 Å². The molecule has 27 heavy (non-hydrogen) atoms. The highest BCUT2D eigenvalue weighted by molar-refractivity contribution is 6.35. The molecule has 0 aliphatic rings. The van der Waals surface area contributed by atoms with Crippen LogP contribution in [0.4, 0.5) is 10.2 Å². The summed E-state index contributed by atoms with van der Waals surface area (Å²) < 4.78 is 13.9. The first kappa shape index (κ1) is 17.2. The fraction of sp³-hybridized carbons (Fsp3) is 0.0476. The Morgan fingerprint density at radius 1 is 1.07 bits per heavy atom. The SMILES string of the molecule is Oc1c([C@H](Nc2cccc[nH+]2)c2cccc(F)c2)cc(Cl)c2cccnc12. The summed E-state index contributed by atoms with van der Waals surface area (Å²) in [6, 6.07) is 16.5. The molecule has 0 aliphatic heterocycles. The number of phenols is 1. The molecule has 0 saturated carbocycles. The highest BCUT2D eigenvalue weighted by Gasteiger charge is 2.25. The number of aromatic amines is 1. The van der Waals surface area contributed by atoms with Gasteiger partial charge in [-0.2, -0.15) is 0 Å². The van der Waals surface area contributed by atoms with E-state index >= 15 is 0 Å².